The van der Waals surface area contributed by atoms with E-state index in [2.05, 4.69) is 11.6 Å². The zero-order valence-electron chi connectivity index (χ0n) is 11.6. The Morgan fingerprint density at radius 2 is 2.18 bits per heavy atom. The number of rotatable bonds is 4. The predicted molar refractivity (Wildman–Crippen MR) is 90.5 cm³/mol. The molecule has 0 amide bonds. The van der Waals surface area contributed by atoms with Crippen LogP contribution in [-0.2, 0) is 4.74 Å². The maximum atomic E-state index is 11.9. The summed E-state index contributed by atoms with van der Waals surface area (Å²) in [5.41, 5.74) is 2.32. The summed E-state index contributed by atoms with van der Waals surface area (Å²) in [6.45, 7) is 3.73. The van der Waals surface area contributed by atoms with Crippen LogP contribution in [0.15, 0.2) is 55.1 Å². The molecule has 2 aromatic carbocycles. The number of aromatic nitrogens is 1. The van der Waals surface area contributed by atoms with Gasteiger partial charge in [-0.3, -0.25) is 0 Å². The second kappa shape index (κ2) is 6.30. The van der Waals surface area contributed by atoms with Gasteiger partial charge in [-0.15, -0.1) is 11.3 Å². The van der Waals surface area contributed by atoms with Gasteiger partial charge >= 0.3 is 5.97 Å². The molecule has 0 saturated heterocycles. The van der Waals surface area contributed by atoms with E-state index in [-0.39, 0.29) is 12.6 Å². The highest BCUT2D eigenvalue weighted by Gasteiger charge is 2.11. The molecule has 0 saturated carbocycles. The maximum Gasteiger partial charge on any atom is 0.338 e. The molecule has 1 aromatic heterocycles. The van der Waals surface area contributed by atoms with Crippen molar-refractivity contribution in [3.05, 3.63) is 65.7 Å². The molecule has 0 spiro atoms. The van der Waals surface area contributed by atoms with Crippen molar-refractivity contribution in [3.63, 3.8) is 0 Å². The molecule has 3 rings (SSSR count). The number of ether oxygens (including phenoxy) is 1. The van der Waals surface area contributed by atoms with E-state index in [0.29, 0.717) is 10.6 Å². The summed E-state index contributed by atoms with van der Waals surface area (Å²) in [5.74, 6) is -0.362. The van der Waals surface area contributed by atoms with Crippen molar-refractivity contribution in [2.24, 2.45) is 0 Å². The fraction of sp³-hybridized carbons (Fsp3) is 0.0588. The van der Waals surface area contributed by atoms with Gasteiger partial charge < -0.3 is 4.74 Å². The van der Waals surface area contributed by atoms with Crippen molar-refractivity contribution in [2.75, 3.05) is 6.61 Å². The summed E-state index contributed by atoms with van der Waals surface area (Å²) in [7, 11) is 0. The zero-order valence-corrected chi connectivity index (χ0v) is 13.2. The van der Waals surface area contributed by atoms with E-state index < -0.39 is 0 Å². The highest BCUT2D eigenvalue weighted by atomic mass is 35.5. The van der Waals surface area contributed by atoms with Gasteiger partial charge in [0.1, 0.15) is 11.6 Å². The smallest absolute Gasteiger partial charge is 0.338 e. The SMILES string of the molecule is C=CCOC(=O)c1ccc2nc(-c3cccc(Cl)c3)sc2c1. The van der Waals surface area contributed by atoms with Gasteiger partial charge in [0.15, 0.2) is 0 Å². The van der Waals surface area contributed by atoms with Gasteiger partial charge in [0, 0.05) is 10.6 Å². The molecule has 0 atom stereocenters. The summed E-state index contributed by atoms with van der Waals surface area (Å²) in [4.78, 5) is 16.4. The first-order valence-electron chi connectivity index (χ1n) is 6.62. The molecule has 0 bridgehead atoms. The predicted octanol–water partition coefficient (Wildman–Crippen LogP) is 4.96. The third-order valence-corrected chi connectivity index (χ3v) is 4.33. The van der Waals surface area contributed by atoms with Crippen LogP contribution in [0.4, 0.5) is 0 Å². The van der Waals surface area contributed by atoms with Gasteiger partial charge in [0.2, 0.25) is 0 Å². The van der Waals surface area contributed by atoms with Gasteiger partial charge in [-0.05, 0) is 30.3 Å². The normalized spacial score (nSPS) is 10.6. The molecule has 5 heteroatoms. The molecule has 0 aliphatic carbocycles. The average molecular weight is 330 g/mol. The summed E-state index contributed by atoms with van der Waals surface area (Å²) in [5, 5.41) is 1.54. The number of hydrogen-bond donors (Lipinski definition) is 0. The first-order chi connectivity index (χ1) is 10.7. The number of esters is 1. The Morgan fingerprint density at radius 1 is 1.32 bits per heavy atom. The third-order valence-electron chi connectivity index (χ3n) is 3.03. The van der Waals surface area contributed by atoms with Gasteiger partial charge in [-0.25, -0.2) is 9.78 Å². The molecule has 3 nitrogen and oxygen atoms in total. The lowest BCUT2D eigenvalue weighted by Gasteiger charge is -2.00. The summed E-state index contributed by atoms with van der Waals surface area (Å²) in [6.07, 6.45) is 1.54. The molecule has 22 heavy (non-hydrogen) atoms. The van der Waals surface area contributed by atoms with Crippen molar-refractivity contribution < 1.29 is 9.53 Å². The Labute approximate surface area is 136 Å². The Hall–Kier alpha value is -2.17. The van der Waals surface area contributed by atoms with Gasteiger partial charge in [-0.1, -0.05) is 36.4 Å². The summed E-state index contributed by atoms with van der Waals surface area (Å²) < 4.78 is 5.98. The molecular weight excluding hydrogens is 318 g/mol. The van der Waals surface area contributed by atoms with E-state index in [0.717, 1.165) is 20.8 Å². The highest BCUT2D eigenvalue weighted by molar-refractivity contribution is 7.21. The number of halogens is 1. The average Bonchev–Trinajstić information content (AvgIpc) is 2.95. The molecule has 3 aromatic rings. The van der Waals surface area contributed by atoms with Crippen molar-refractivity contribution in [1.29, 1.82) is 0 Å². The molecule has 110 valence electrons. The van der Waals surface area contributed by atoms with Crippen LogP contribution in [-0.4, -0.2) is 17.6 Å². The molecule has 0 aliphatic rings. The number of carbonyl (C=O) groups is 1. The topological polar surface area (TPSA) is 39.2 Å². The monoisotopic (exact) mass is 329 g/mol. The van der Waals surface area contributed by atoms with Crippen molar-refractivity contribution >= 4 is 39.1 Å². The van der Waals surface area contributed by atoms with Crippen LogP contribution in [0.2, 0.25) is 5.02 Å². The first kappa shape index (κ1) is 14.8. The lowest BCUT2D eigenvalue weighted by atomic mass is 10.2. The molecule has 0 N–H and O–H groups in total. The van der Waals surface area contributed by atoms with Crippen LogP contribution >= 0.6 is 22.9 Å². The molecule has 1 heterocycles. The molecule has 0 fully saturated rings. The Morgan fingerprint density at radius 3 is 2.95 bits per heavy atom. The van der Waals surface area contributed by atoms with Gasteiger partial charge in [0.25, 0.3) is 0 Å². The van der Waals surface area contributed by atoms with Crippen LogP contribution in [0, 0.1) is 0 Å². The number of thiazole rings is 1. The molecule has 0 aliphatic heterocycles. The number of carbonyl (C=O) groups excluding carboxylic acids is 1. The Kier molecular flexibility index (Phi) is 4.22. The minimum absolute atomic E-state index is 0.202. The second-order valence-corrected chi connectivity index (χ2v) is 6.07. The van der Waals surface area contributed by atoms with E-state index in [1.165, 1.54) is 11.3 Å². The van der Waals surface area contributed by atoms with E-state index in [4.69, 9.17) is 16.3 Å². The molecule has 0 unspecified atom stereocenters. The second-order valence-electron chi connectivity index (χ2n) is 4.60. The highest BCUT2D eigenvalue weighted by Crippen LogP contribution is 2.31. The van der Waals surface area contributed by atoms with E-state index >= 15 is 0 Å². The lowest BCUT2D eigenvalue weighted by Crippen LogP contribution is -2.04. The number of benzene rings is 2. The minimum Gasteiger partial charge on any atom is -0.458 e. The zero-order chi connectivity index (χ0) is 15.5. The lowest BCUT2D eigenvalue weighted by molar-refractivity contribution is 0.0550. The number of fused-ring (bicyclic) bond motifs is 1. The first-order valence-corrected chi connectivity index (χ1v) is 7.81. The van der Waals surface area contributed by atoms with E-state index in [1.807, 2.05) is 30.3 Å². The minimum atomic E-state index is -0.362. The quantitative estimate of drug-likeness (QED) is 0.501. The van der Waals surface area contributed by atoms with Crippen LogP contribution in [0.25, 0.3) is 20.8 Å². The number of nitrogens with zero attached hydrogens (tertiary/aromatic N) is 1. The Bertz CT molecular complexity index is 857. The fourth-order valence-electron chi connectivity index (χ4n) is 2.01. The van der Waals surface area contributed by atoms with Crippen molar-refractivity contribution in [2.45, 2.75) is 0 Å². The van der Waals surface area contributed by atoms with Gasteiger partial charge in [0.05, 0.1) is 15.8 Å². The molecular formula is C17H12ClNO2S. The largest absolute Gasteiger partial charge is 0.458 e. The fourth-order valence-corrected chi connectivity index (χ4v) is 3.21. The Balaban J connectivity index is 1.96. The third kappa shape index (κ3) is 3.03. The van der Waals surface area contributed by atoms with Crippen LogP contribution in [0.5, 0.6) is 0 Å². The van der Waals surface area contributed by atoms with E-state index in [9.17, 15) is 4.79 Å². The van der Waals surface area contributed by atoms with Crippen LogP contribution in [0.3, 0.4) is 0 Å². The standard InChI is InChI=1S/C17H12ClNO2S/c1-2-8-21-17(20)12-6-7-14-15(10-12)22-16(19-14)11-4-3-5-13(18)9-11/h2-7,9-10H,1,8H2. The van der Waals surface area contributed by atoms with Gasteiger partial charge in [-0.2, -0.15) is 0 Å². The van der Waals surface area contributed by atoms with E-state index in [1.54, 1.807) is 18.2 Å². The summed E-state index contributed by atoms with van der Waals surface area (Å²) in [6, 6.07) is 12.9. The number of hydrogen-bond acceptors (Lipinski definition) is 4. The van der Waals surface area contributed by atoms with Crippen molar-refractivity contribution in [1.82, 2.24) is 4.98 Å². The van der Waals surface area contributed by atoms with Crippen LogP contribution < -0.4 is 0 Å². The van der Waals surface area contributed by atoms with Crippen LogP contribution in [0.1, 0.15) is 10.4 Å². The summed E-state index contributed by atoms with van der Waals surface area (Å²) >= 11 is 7.53. The molecule has 0 radical (unpaired) electrons. The maximum absolute atomic E-state index is 11.9. The van der Waals surface area contributed by atoms with Crippen molar-refractivity contribution in [3.8, 4) is 10.6 Å².